The number of hydrogen-bond acceptors (Lipinski definition) is 3. The molecule has 0 atom stereocenters. The van der Waals surface area contributed by atoms with Gasteiger partial charge < -0.3 is 4.74 Å². The van der Waals surface area contributed by atoms with Gasteiger partial charge in [0.2, 0.25) is 9.05 Å². The first kappa shape index (κ1) is 13.3. The molecule has 0 N–H and O–H groups in total. The molecule has 0 spiro atoms. The Morgan fingerprint density at radius 3 is 2.69 bits per heavy atom. The summed E-state index contributed by atoms with van der Waals surface area (Å²) in [4.78, 5) is 0. The zero-order valence-corrected chi connectivity index (χ0v) is 10.1. The SMILES string of the molecule is O=S(=O)(Cl)CCCCOc1cccc(F)c1. The molecule has 90 valence electrons. The first-order valence-electron chi connectivity index (χ1n) is 4.78. The molecule has 0 aliphatic heterocycles. The summed E-state index contributed by atoms with van der Waals surface area (Å²) in [5, 5.41) is 0. The van der Waals surface area contributed by atoms with E-state index in [1.807, 2.05) is 0 Å². The molecule has 1 aromatic rings. The van der Waals surface area contributed by atoms with Gasteiger partial charge in [0.25, 0.3) is 0 Å². The summed E-state index contributed by atoms with van der Waals surface area (Å²) in [5.74, 6) is 0.00992. The second-order valence-electron chi connectivity index (χ2n) is 3.26. The zero-order valence-electron chi connectivity index (χ0n) is 8.53. The number of ether oxygens (including phenoxy) is 1. The van der Waals surface area contributed by atoms with E-state index in [0.29, 0.717) is 25.2 Å². The molecule has 0 aromatic heterocycles. The largest absolute Gasteiger partial charge is 0.493 e. The summed E-state index contributed by atoms with van der Waals surface area (Å²) < 4.78 is 39.1. The minimum atomic E-state index is -3.42. The molecule has 1 rings (SSSR count). The quantitative estimate of drug-likeness (QED) is 0.587. The van der Waals surface area contributed by atoms with Gasteiger partial charge in [-0.25, -0.2) is 12.8 Å². The van der Waals surface area contributed by atoms with Crippen molar-refractivity contribution in [1.29, 1.82) is 0 Å². The van der Waals surface area contributed by atoms with Gasteiger partial charge in [-0.3, -0.25) is 0 Å². The summed E-state index contributed by atoms with van der Waals surface area (Å²) >= 11 is 0. The maximum atomic E-state index is 12.7. The average Bonchev–Trinajstić information content (AvgIpc) is 2.15. The van der Waals surface area contributed by atoms with Crippen molar-refractivity contribution in [1.82, 2.24) is 0 Å². The smallest absolute Gasteiger partial charge is 0.232 e. The van der Waals surface area contributed by atoms with Crippen LogP contribution in [0.1, 0.15) is 12.8 Å². The molecule has 0 bridgehead atoms. The molecule has 0 aliphatic rings. The predicted molar refractivity (Wildman–Crippen MR) is 60.8 cm³/mol. The van der Waals surface area contributed by atoms with E-state index in [4.69, 9.17) is 15.4 Å². The Kier molecular flexibility index (Phi) is 5.02. The van der Waals surface area contributed by atoms with Crippen molar-refractivity contribution in [3.8, 4) is 5.75 Å². The van der Waals surface area contributed by atoms with Crippen molar-refractivity contribution in [3.63, 3.8) is 0 Å². The fourth-order valence-electron chi connectivity index (χ4n) is 1.12. The zero-order chi connectivity index (χ0) is 12.0. The minimum absolute atomic E-state index is 0.0684. The lowest BCUT2D eigenvalue weighted by Crippen LogP contribution is -2.02. The third-order valence-corrected chi connectivity index (χ3v) is 3.09. The van der Waals surface area contributed by atoms with Crippen molar-refractivity contribution >= 4 is 19.7 Å². The van der Waals surface area contributed by atoms with Crippen LogP contribution in [0.4, 0.5) is 4.39 Å². The van der Waals surface area contributed by atoms with Crippen molar-refractivity contribution in [2.75, 3.05) is 12.4 Å². The average molecular weight is 267 g/mol. The van der Waals surface area contributed by atoms with Crippen LogP contribution < -0.4 is 4.74 Å². The normalized spacial score (nSPS) is 11.4. The van der Waals surface area contributed by atoms with Crippen LogP contribution in [0.5, 0.6) is 5.75 Å². The van der Waals surface area contributed by atoms with Crippen molar-refractivity contribution < 1.29 is 17.5 Å². The van der Waals surface area contributed by atoms with E-state index in [1.165, 1.54) is 12.1 Å². The van der Waals surface area contributed by atoms with E-state index in [-0.39, 0.29) is 11.6 Å². The van der Waals surface area contributed by atoms with E-state index in [1.54, 1.807) is 12.1 Å². The standard InChI is InChI=1S/C10H12ClFO3S/c11-16(13,14)7-2-1-6-15-10-5-3-4-9(12)8-10/h3-5,8H,1-2,6-7H2. The Bertz CT molecular complexity index is 433. The van der Waals surface area contributed by atoms with Crippen LogP contribution in [0.3, 0.4) is 0 Å². The Balaban J connectivity index is 2.21. The molecule has 16 heavy (non-hydrogen) atoms. The third kappa shape index (κ3) is 5.92. The Hall–Kier alpha value is -0.810. The van der Waals surface area contributed by atoms with Crippen molar-refractivity contribution in [2.24, 2.45) is 0 Å². The van der Waals surface area contributed by atoms with Crippen LogP contribution in [0.15, 0.2) is 24.3 Å². The van der Waals surface area contributed by atoms with Crippen LogP contribution in [-0.4, -0.2) is 20.8 Å². The molecule has 1 aromatic carbocycles. The predicted octanol–water partition coefficient (Wildman–Crippen LogP) is 2.55. The van der Waals surface area contributed by atoms with E-state index >= 15 is 0 Å². The second kappa shape index (κ2) is 6.06. The Morgan fingerprint density at radius 2 is 2.06 bits per heavy atom. The lowest BCUT2D eigenvalue weighted by Gasteiger charge is -2.05. The van der Waals surface area contributed by atoms with E-state index in [2.05, 4.69) is 0 Å². The van der Waals surface area contributed by atoms with Crippen LogP contribution in [0.25, 0.3) is 0 Å². The molecular weight excluding hydrogens is 255 g/mol. The van der Waals surface area contributed by atoms with Gasteiger partial charge in [-0.15, -0.1) is 0 Å². The van der Waals surface area contributed by atoms with Gasteiger partial charge in [0.15, 0.2) is 0 Å². The summed E-state index contributed by atoms with van der Waals surface area (Å²) in [6.07, 6.45) is 0.990. The molecule has 0 heterocycles. The topological polar surface area (TPSA) is 43.4 Å². The van der Waals surface area contributed by atoms with Crippen LogP contribution in [-0.2, 0) is 9.05 Å². The summed E-state index contributed by atoms with van der Waals surface area (Å²) in [5.41, 5.74) is 0. The number of rotatable bonds is 6. The lowest BCUT2D eigenvalue weighted by atomic mass is 10.3. The second-order valence-corrected chi connectivity index (χ2v) is 6.15. The number of hydrogen-bond donors (Lipinski definition) is 0. The number of unbranched alkanes of at least 4 members (excludes halogenated alkanes) is 1. The highest BCUT2D eigenvalue weighted by molar-refractivity contribution is 8.13. The highest BCUT2D eigenvalue weighted by atomic mass is 35.7. The van der Waals surface area contributed by atoms with Gasteiger partial charge >= 0.3 is 0 Å². The van der Waals surface area contributed by atoms with Crippen molar-refractivity contribution in [3.05, 3.63) is 30.1 Å². The monoisotopic (exact) mass is 266 g/mol. The first-order valence-corrected chi connectivity index (χ1v) is 7.26. The van der Waals surface area contributed by atoms with Gasteiger partial charge in [-0.1, -0.05) is 6.07 Å². The molecule has 0 saturated carbocycles. The molecule has 0 amide bonds. The van der Waals surface area contributed by atoms with Gasteiger partial charge in [-0.05, 0) is 25.0 Å². The van der Waals surface area contributed by atoms with Gasteiger partial charge in [0.05, 0.1) is 12.4 Å². The van der Waals surface area contributed by atoms with Gasteiger partial charge in [-0.2, -0.15) is 0 Å². The van der Waals surface area contributed by atoms with Crippen LogP contribution >= 0.6 is 10.7 Å². The van der Waals surface area contributed by atoms with Gasteiger partial charge in [0.1, 0.15) is 11.6 Å². The molecule has 0 unspecified atom stereocenters. The maximum absolute atomic E-state index is 12.7. The fourth-order valence-corrected chi connectivity index (χ4v) is 2.00. The molecule has 0 radical (unpaired) electrons. The maximum Gasteiger partial charge on any atom is 0.232 e. The third-order valence-electron chi connectivity index (χ3n) is 1.85. The molecule has 0 fully saturated rings. The highest BCUT2D eigenvalue weighted by Crippen LogP contribution is 2.12. The minimum Gasteiger partial charge on any atom is -0.493 e. The van der Waals surface area contributed by atoms with Crippen LogP contribution in [0, 0.1) is 5.82 Å². The number of halogens is 2. The van der Waals surface area contributed by atoms with E-state index in [9.17, 15) is 12.8 Å². The molecule has 0 saturated heterocycles. The first-order chi connectivity index (χ1) is 7.47. The summed E-state index contributed by atoms with van der Waals surface area (Å²) in [6, 6.07) is 5.79. The Morgan fingerprint density at radius 1 is 1.31 bits per heavy atom. The lowest BCUT2D eigenvalue weighted by molar-refractivity contribution is 0.308. The molecule has 6 heteroatoms. The highest BCUT2D eigenvalue weighted by Gasteiger charge is 2.04. The Labute approximate surface area is 98.6 Å². The van der Waals surface area contributed by atoms with Crippen molar-refractivity contribution in [2.45, 2.75) is 12.8 Å². The van der Waals surface area contributed by atoms with E-state index in [0.717, 1.165) is 0 Å². The fraction of sp³-hybridized carbons (Fsp3) is 0.400. The number of benzene rings is 1. The summed E-state index contributed by atoms with van der Waals surface area (Å²) in [7, 11) is 1.61. The molecule has 3 nitrogen and oxygen atoms in total. The molecular formula is C10H12ClFO3S. The molecule has 0 aliphatic carbocycles. The van der Waals surface area contributed by atoms with Gasteiger partial charge in [0, 0.05) is 16.7 Å². The van der Waals surface area contributed by atoms with E-state index < -0.39 is 9.05 Å². The summed E-state index contributed by atoms with van der Waals surface area (Å²) in [6.45, 7) is 0.343. The van der Waals surface area contributed by atoms with Crippen LogP contribution in [0.2, 0.25) is 0 Å².